The Morgan fingerprint density at radius 3 is 2.63 bits per heavy atom. The fourth-order valence-electron chi connectivity index (χ4n) is 2.31. The van der Waals surface area contributed by atoms with Crippen LogP contribution in [-0.2, 0) is 4.79 Å². The summed E-state index contributed by atoms with van der Waals surface area (Å²) in [5.74, 6) is -0.768. The van der Waals surface area contributed by atoms with Crippen LogP contribution in [0.2, 0.25) is 0 Å². The lowest BCUT2D eigenvalue weighted by Crippen LogP contribution is -2.39. The molecule has 27 heavy (non-hydrogen) atoms. The summed E-state index contributed by atoms with van der Waals surface area (Å²) in [6.45, 7) is 2.29. The highest BCUT2D eigenvalue weighted by Crippen LogP contribution is 2.27. The molecule has 0 saturated carbocycles. The monoisotopic (exact) mass is 402 g/mol. The molecule has 1 N–H and O–H groups in total. The molecule has 9 nitrogen and oxygen atoms in total. The van der Waals surface area contributed by atoms with E-state index >= 15 is 0 Å². The molecular weight excluding hydrogens is 389 g/mol. The van der Waals surface area contributed by atoms with Gasteiger partial charge in [0.05, 0.1) is 10.9 Å². The molecular formula is C14H13F3N6O3S. The zero-order chi connectivity index (χ0) is 19.6. The van der Waals surface area contributed by atoms with Gasteiger partial charge in [-0.05, 0) is 41.6 Å². The molecule has 1 aliphatic heterocycles. The van der Waals surface area contributed by atoms with Gasteiger partial charge in [0, 0.05) is 13.1 Å². The summed E-state index contributed by atoms with van der Waals surface area (Å²) in [7, 11) is 0. The molecule has 1 saturated heterocycles. The number of aromatic nitrogens is 4. The van der Waals surface area contributed by atoms with Gasteiger partial charge in [0.2, 0.25) is 11.1 Å². The van der Waals surface area contributed by atoms with Crippen molar-refractivity contribution in [1.82, 2.24) is 30.4 Å². The fraction of sp³-hybridized carbons (Fsp3) is 0.357. The molecule has 0 aliphatic carbocycles. The molecule has 3 rings (SSSR count). The van der Waals surface area contributed by atoms with Crippen molar-refractivity contribution in [2.45, 2.75) is 23.7 Å². The first-order chi connectivity index (χ1) is 12.7. The van der Waals surface area contributed by atoms with Crippen LogP contribution in [0.25, 0.3) is 5.69 Å². The highest BCUT2D eigenvalue weighted by atomic mass is 32.2. The number of rotatable bonds is 5. The van der Waals surface area contributed by atoms with Crippen molar-refractivity contribution >= 4 is 23.7 Å². The lowest BCUT2D eigenvalue weighted by molar-refractivity contribution is -0.274. The Morgan fingerprint density at radius 1 is 1.33 bits per heavy atom. The van der Waals surface area contributed by atoms with Crippen LogP contribution < -0.4 is 10.1 Å². The van der Waals surface area contributed by atoms with Crippen molar-refractivity contribution in [3.05, 3.63) is 24.3 Å². The summed E-state index contributed by atoms with van der Waals surface area (Å²) in [5.41, 5.74) is 0.385. The zero-order valence-electron chi connectivity index (χ0n) is 13.8. The lowest BCUT2D eigenvalue weighted by atomic mass is 10.3. The Kier molecular flexibility index (Phi) is 5.21. The van der Waals surface area contributed by atoms with Gasteiger partial charge in [-0.3, -0.25) is 9.69 Å². The van der Waals surface area contributed by atoms with E-state index in [1.54, 1.807) is 6.92 Å². The van der Waals surface area contributed by atoms with Gasteiger partial charge in [-0.1, -0.05) is 11.8 Å². The second-order valence-corrected chi connectivity index (χ2v) is 6.70. The van der Waals surface area contributed by atoms with Crippen LogP contribution >= 0.6 is 11.8 Å². The summed E-state index contributed by atoms with van der Waals surface area (Å²) in [5, 5.41) is 13.3. The molecule has 1 aliphatic rings. The van der Waals surface area contributed by atoms with Gasteiger partial charge in [0.1, 0.15) is 5.75 Å². The average Bonchev–Trinajstić information content (AvgIpc) is 3.22. The molecule has 0 bridgehead atoms. The maximum atomic E-state index is 12.4. The highest BCUT2D eigenvalue weighted by Gasteiger charge is 2.32. The summed E-state index contributed by atoms with van der Waals surface area (Å²) in [4.78, 5) is 25.0. The standard InChI is InChI=1S/C14H13F3N6O3S/c1-8(11(24)22-7-6-18-12(22)25)27-13-19-20-21-23(13)9-2-4-10(5-3-9)26-14(15,16)17/h2-5,8H,6-7H2,1H3,(H,18,25)/t8-/m1/s1. The number of benzene rings is 1. The number of nitrogens with zero attached hydrogens (tertiary/aromatic N) is 5. The van der Waals surface area contributed by atoms with E-state index in [2.05, 4.69) is 25.6 Å². The first-order valence-corrected chi connectivity index (χ1v) is 8.53. The average molecular weight is 402 g/mol. The second-order valence-electron chi connectivity index (χ2n) is 5.40. The zero-order valence-corrected chi connectivity index (χ0v) is 14.6. The largest absolute Gasteiger partial charge is 0.573 e. The van der Waals surface area contributed by atoms with Gasteiger partial charge in [-0.15, -0.1) is 18.3 Å². The van der Waals surface area contributed by atoms with E-state index < -0.39 is 23.6 Å². The smallest absolute Gasteiger partial charge is 0.406 e. The molecule has 0 unspecified atom stereocenters. The summed E-state index contributed by atoms with van der Waals surface area (Å²) >= 11 is 1.03. The minimum atomic E-state index is -4.78. The molecule has 1 aromatic heterocycles. The Bertz CT molecular complexity index is 841. The second kappa shape index (κ2) is 7.42. The SMILES string of the molecule is C[C@@H](Sc1nnnn1-c1ccc(OC(F)(F)F)cc1)C(=O)N1CCNC1=O. The normalized spacial score (nSPS) is 15.6. The molecule has 1 atom stereocenters. The molecule has 2 aromatic rings. The number of ether oxygens (including phenoxy) is 1. The summed E-state index contributed by atoms with van der Waals surface area (Å²) in [6.07, 6.45) is -4.78. The maximum Gasteiger partial charge on any atom is 0.573 e. The van der Waals surface area contributed by atoms with E-state index in [0.717, 1.165) is 28.8 Å². The first-order valence-electron chi connectivity index (χ1n) is 7.65. The van der Waals surface area contributed by atoms with Crippen molar-refractivity contribution in [3.63, 3.8) is 0 Å². The van der Waals surface area contributed by atoms with Crippen LogP contribution in [0.5, 0.6) is 5.75 Å². The van der Waals surface area contributed by atoms with E-state index in [1.165, 1.54) is 16.8 Å². The number of amides is 3. The van der Waals surface area contributed by atoms with Gasteiger partial charge < -0.3 is 10.1 Å². The number of carbonyl (C=O) groups is 2. The number of imide groups is 1. The van der Waals surface area contributed by atoms with Crippen LogP contribution in [-0.4, -0.2) is 61.7 Å². The van der Waals surface area contributed by atoms with Gasteiger partial charge in [0.25, 0.3) is 0 Å². The lowest BCUT2D eigenvalue weighted by Gasteiger charge is -2.16. The number of nitrogens with one attached hydrogen (secondary N) is 1. The summed E-state index contributed by atoms with van der Waals surface area (Å²) < 4.78 is 41.8. The van der Waals surface area contributed by atoms with Crippen molar-refractivity contribution in [2.75, 3.05) is 13.1 Å². The minimum absolute atomic E-state index is 0.250. The van der Waals surface area contributed by atoms with E-state index in [1.807, 2.05) is 0 Å². The molecule has 3 amide bonds. The van der Waals surface area contributed by atoms with Crippen LogP contribution in [0.15, 0.2) is 29.4 Å². The molecule has 0 radical (unpaired) electrons. The van der Waals surface area contributed by atoms with Crippen molar-refractivity contribution in [2.24, 2.45) is 0 Å². The minimum Gasteiger partial charge on any atom is -0.406 e. The number of urea groups is 1. The van der Waals surface area contributed by atoms with E-state index in [0.29, 0.717) is 12.2 Å². The van der Waals surface area contributed by atoms with Crippen molar-refractivity contribution in [1.29, 1.82) is 0 Å². The molecule has 2 heterocycles. The predicted molar refractivity (Wildman–Crippen MR) is 86.3 cm³/mol. The number of carbonyl (C=O) groups excluding carboxylic acids is 2. The Hall–Kier alpha value is -2.83. The Labute approximate surface area is 154 Å². The van der Waals surface area contributed by atoms with Gasteiger partial charge in [0.15, 0.2) is 0 Å². The van der Waals surface area contributed by atoms with E-state index in [4.69, 9.17) is 0 Å². The molecule has 13 heteroatoms. The number of alkyl halides is 3. The number of hydrogen-bond donors (Lipinski definition) is 1. The predicted octanol–water partition coefficient (Wildman–Crippen LogP) is 1.59. The number of halogens is 3. The van der Waals surface area contributed by atoms with E-state index in [9.17, 15) is 22.8 Å². The van der Waals surface area contributed by atoms with Crippen molar-refractivity contribution in [3.8, 4) is 11.4 Å². The Morgan fingerprint density at radius 2 is 2.04 bits per heavy atom. The first kappa shape index (κ1) is 18.9. The third-order valence-corrected chi connectivity index (χ3v) is 4.53. The maximum absolute atomic E-state index is 12.4. The third-order valence-electron chi connectivity index (χ3n) is 3.51. The number of tetrazole rings is 1. The van der Waals surface area contributed by atoms with Crippen molar-refractivity contribution < 1.29 is 27.5 Å². The molecule has 144 valence electrons. The Balaban J connectivity index is 1.72. The van der Waals surface area contributed by atoms with E-state index in [-0.39, 0.29) is 17.5 Å². The van der Waals surface area contributed by atoms with Crippen LogP contribution in [0, 0.1) is 0 Å². The molecule has 0 spiro atoms. The molecule has 1 fully saturated rings. The van der Waals surface area contributed by atoms with Gasteiger partial charge >= 0.3 is 12.4 Å². The quantitative estimate of drug-likeness (QED) is 0.758. The van der Waals surface area contributed by atoms with Crippen LogP contribution in [0.4, 0.5) is 18.0 Å². The van der Waals surface area contributed by atoms with Gasteiger partial charge in [-0.2, -0.15) is 4.68 Å². The van der Waals surface area contributed by atoms with Gasteiger partial charge in [-0.25, -0.2) is 4.79 Å². The number of thioether (sulfide) groups is 1. The highest BCUT2D eigenvalue weighted by molar-refractivity contribution is 8.00. The summed E-state index contributed by atoms with van der Waals surface area (Å²) in [6, 6.07) is 4.50. The third kappa shape index (κ3) is 4.48. The van der Waals surface area contributed by atoms with Crippen LogP contribution in [0.1, 0.15) is 6.92 Å². The topological polar surface area (TPSA) is 102 Å². The number of hydrogen-bond acceptors (Lipinski definition) is 7. The fourth-order valence-corrected chi connectivity index (χ4v) is 3.18. The van der Waals surface area contributed by atoms with Crippen LogP contribution in [0.3, 0.4) is 0 Å². The molecule has 1 aromatic carbocycles.